The first-order chi connectivity index (χ1) is 15.2. The summed E-state index contributed by atoms with van der Waals surface area (Å²) in [5, 5.41) is 15.3. The van der Waals surface area contributed by atoms with Crippen molar-refractivity contribution in [2.75, 3.05) is 19.5 Å². The van der Waals surface area contributed by atoms with Crippen LogP contribution in [0.25, 0.3) is 0 Å². The summed E-state index contributed by atoms with van der Waals surface area (Å²) in [6, 6.07) is 2.23. The second kappa shape index (κ2) is 12.1. The molecule has 1 atom stereocenters. The fraction of sp³-hybridized carbons (Fsp3) is 0.500. The molecule has 1 unspecified atom stereocenters. The molecule has 1 fully saturated rings. The molecule has 4 N–H and O–H groups in total. The average molecular weight is 483 g/mol. The lowest BCUT2D eigenvalue weighted by Crippen LogP contribution is -2.23. The third-order valence-electron chi connectivity index (χ3n) is 4.62. The van der Waals surface area contributed by atoms with E-state index in [1.807, 2.05) is 19.9 Å². The van der Waals surface area contributed by atoms with Crippen LogP contribution in [-0.4, -0.2) is 39.7 Å². The number of nitrogens with one attached hydrogen (secondary N) is 1. The van der Waals surface area contributed by atoms with Gasteiger partial charge in [-0.05, 0) is 38.3 Å². The fourth-order valence-electron chi connectivity index (χ4n) is 2.64. The third-order valence-corrected chi connectivity index (χ3v) is 7.43. The van der Waals surface area contributed by atoms with E-state index in [-0.39, 0.29) is 18.1 Å². The molecular formula is C22H34N4O4S2. The lowest BCUT2D eigenvalue weighted by Gasteiger charge is -2.14. The van der Waals surface area contributed by atoms with Gasteiger partial charge in [-0.2, -0.15) is 0 Å². The van der Waals surface area contributed by atoms with E-state index >= 15 is 0 Å². The zero-order chi connectivity index (χ0) is 23.8. The van der Waals surface area contributed by atoms with Crippen LogP contribution in [0, 0.1) is 13.8 Å². The largest absolute Gasteiger partial charge is 0.504 e. The maximum atomic E-state index is 12.7. The minimum Gasteiger partial charge on any atom is -0.504 e. The first kappa shape index (κ1) is 26.0. The highest BCUT2D eigenvalue weighted by Gasteiger charge is 2.32. The van der Waals surface area contributed by atoms with Crippen molar-refractivity contribution in [1.29, 1.82) is 0 Å². The van der Waals surface area contributed by atoms with Gasteiger partial charge in [-0.25, -0.2) is 8.51 Å². The topological polar surface area (TPSA) is 113 Å². The number of aryl methyl sites for hydroxylation is 2. The molecule has 2 aromatic rings. The first-order valence-electron chi connectivity index (χ1n) is 10.5. The van der Waals surface area contributed by atoms with Crippen LogP contribution in [0.4, 0.5) is 5.69 Å². The minimum absolute atomic E-state index is 0.0621. The number of aliphatic imine (C=N–C) groups is 1. The molecule has 2 heterocycles. The maximum Gasteiger partial charge on any atom is 0.167 e. The number of hydrogen-bond donors (Lipinski definition) is 3. The fourth-order valence-corrected chi connectivity index (χ4v) is 5.11. The summed E-state index contributed by atoms with van der Waals surface area (Å²) in [5.41, 5.74) is 7.94. The Morgan fingerprint density at radius 1 is 1.47 bits per heavy atom. The predicted molar refractivity (Wildman–Crippen MR) is 131 cm³/mol. The van der Waals surface area contributed by atoms with Gasteiger partial charge in [-0.3, -0.25) is 4.99 Å². The molecule has 3 rings (SSSR count). The number of ether oxygens (including phenoxy) is 1. The first-order valence-corrected chi connectivity index (χ1v) is 12.5. The van der Waals surface area contributed by atoms with Crippen molar-refractivity contribution in [2.45, 2.75) is 63.8 Å². The Labute approximate surface area is 196 Å². The summed E-state index contributed by atoms with van der Waals surface area (Å²) in [6.07, 6.45) is 4.71. The zero-order valence-electron chi connectivity index (χ0n) is 19.6. The Morgan fingerprint density at radius 2 is 2.12 bits per heavy atom. The van der Waals surface area contributed by atoms with E-state index < -0.39 is 11.0 Å². The van der Waals surface area contributed by atoms with Crippen LogP contribution in [0.2, 0.25) is 0 Å². The van der Waals surface area contributed by atoms with Crippen LogP contribution in [0.5, 0.6) is 5.75 Å². The smallest absolute Gasteiger partial charge is 0.167 e. The number of furan rings is 1. The van der Waals surface area contributed by atoms with Crippen LogP contribution in [0.3, 0.4) is 0 Å². The molecule has 8 nitrogen and oxygen atoms in total. The number of thiophene rings is 1. The molecule has 0 amide bonds. The summed E-state index contributed by atoms with van der Waals surface area (Å²) in [5.74, 6) is 1.69. The number of aromatic hydroxyl groups is 1. The quantitative estimate of drug-likeness (QED) is 0.272. The molecule has 32 heavy (non-hydrogen) atoms. The molecule has 2 aromatic heterocycles. The lowest BCUT2D eigenvalue weighted by atomic mass is 10.3. The van der Waals surface area contributed by atoms with Gasteiger partial charge >= 0.3 is 0 Å². The Morgan fingerprint density at radius 3 is 2.66 bits per heavy atom. The van der Waals surface area contributed by atoms with E-state index in [0.29, 0.717) is 27.4 Å². The summed E-state index contributed by atoms with van der Waals surface area (Å²) in [6.45, 7) is 8.39. The predicted octanol–water partition coefficient (Wildman–Crippen LogP) is 4.65. The summed E-state index contributed by atoms with van der Waals surface area (Å²) in [4.78, 5) is 4.34. The normalized spacial score (nSPS) is 15.3. The molecule has 10 heteroatoms. The number of rotatable bonds is 9. The number of amidine groups is 1. The van der Waals surface area contributed by atoms with Crippen molar-refractivity contribution >= 4 is 33.8 Å². The average Bonchev–Trinajstić information content (AvgIpc) is 3.47. The molecule has 0 bridgehead atoms. The van der Waals surface area contributed by atoms with Gasteiger partial charge in [0.2, 0.25) is 0 Å². The number of anilines is 1. The van der Waals surface area contributed by atoms with Crippen molar-refractivity contribution in [3.63, 3.8) is 0 Å². The minimum atomic E-state index is -1.41. The summed E-state index contributed by atoms with van der Waals surface area (Å²) < 4.78 is 25.5. The van der Waals surface area contributed by atoms with Crippen molar-refractivity contribution in [3.8, 4) is 5.75 Å². The summed E-state index contributed by atoms with van der Waals surface area (Å²) >= 11 is 1.23. The van der Waals surface area contributed by atoms with Crippen LogP contribution in [-0.2, 0) is 22.3 Å². The maximum absolute atomic E-state index is 12.7. The van der Waals surface area contributed by atoms with E-state index in [9.17, 15) is 9.32 Å². The van der Waals surface area contributed by atoms with E-state index in [1.165, 1.54) is 31.1 Å². The highest BCUT2D eigenvalue weighted by Crippen LogP contribution is 2.40. The van der Waals surface area contributed by atoms with E-state index in [2.05, 4.69) is 24.2 Å². The second-order valence-electron chi connectivity index (χ2n) is 7.56. The van der Waals surface area contributed by atoms with E-state index in [1.54, 1.807) is 16.7 Å². The van der Waals surface area contributed by atoms with Crippen LogP contribution in [0.15, 0.2) is 37.0 Å². The van der Waals surface area contributed by atoms with Crippen molar-refractivity contribution in [2.24, 2.45) is 10.7 Å². The van der Waals surface area contributed by atoms with Gasteiger partial charge in [0.05, 0.1) is 19.3 Å². The number of nitrogens with zero attached hydrogens (tertiary/aromatic N) is 2. The monoisotopic (exact) mass is 482 g/mol. The van der Waals surface area contributed by atoms with Gasteiger partial charge < -0.3 is 25.3 Å². The molecule has 1 aliphatic rings. The van der Waals surface area contributed by atoms with E-state index in [0.717, 1.165) is 24.2 Å². The molecule has 0 saturated heterocycles. The number of hydrogen-bond acceptors (Lipinski definition) is 7. The Balaban J connectivity index is 0.00000114. The van der Waals surface area contributed by atoms with Crippen LogP contribution in [0.1, 0.15) is 50.2 Å². The molecular weight excluding hydrogens is 448 g/mol. The van der Waals surface area contributed by atoms with Gasteiger partial charge in [-0.15, -0.1) is 11.3 Å². The van der Waals surface area contributed by atoms with Gasteiger partial charge in [0.25, 0.3) is 0 Å². The summed E-state index contributed by atoms with van der Waals surface area (Å²) in [7, 11) is 1.89. The highest BCUT2D eigenvalue weighted by atomic mass is 32.2. The zero-order valence-corrected chi connectivity index (χ0v) is 21.2. The molecule has 0 radical (unpaired) electrons. The van der Waals surface area contributed by atoms with E-state index in [4.69, 9.17) is 14.9 Å². The van der Waals surface area contributed by atoms with Crippen LogP contribution >= 0.6 is 11.3 Å². The molecule has 0 aliphatic heterocycles. The molecule has 1 aliphatic carbocycles. The third kappa shape index (κ3) is 6.85. The SMILES string of the molecule is CCC.CO/C=C(/Nc1csc(S(=O)N(C)C2CC2)c1O)C(N)=NCc1cc(C)c(C)o1. The van der Waals surface area contributed by atoms with Gasteiger partial charge in [-0.1, -0.05) is 20.3 Å². The lowest BCUT2D eigenvalue weighted by molar-refractivity contribution is 0.336. The van der Waals surface area contributed by atoms with Gasteiger partial charge in [0.15, 0.2) is 9.96 Å². The molecule has 0 aromatic carbocycles. The van der Waals surface area contributed by atoms with Crippen molar-refractivity contribution < 1.29 is 18.5 Å². The van der Waals surface area contributed by atoms with Crippen molar-refractivity contribution in [1.82, 2.24) is 4.31 Å². The molecule has 178 valence electrons. The molecule has 0 spiro atoms. The van der Waals surface area contributed by atoms with Gasteiger partial charge in [0.1, 0.15) is 40.3 Å². The Hall–Kier alpha value is -2.30. The number of nitrogens with two attached hydrogens (primary N) is 1. The van der Waals surface area contributed by atoms with Crippen LogP contribution < -0.4 is 11.1 Å². The van der Waals surface area contributed by atoms with Crippen molar-refractivity contribution in [3.05, 3.63) is 40.5 Å². The van der Waals surface area contributed by atoms with Gasteiger partial charge in [0, 0.05) is 18.5 Å². The number of methoxy groups -OCH3 is 1. The second-order valence-corrected chi connectivity index (χ2v) is 10.2. The molecule has 1 saturated carbocycles. The Kier molecular flexibility index (Phi) is 9.80. The Bertz CT molecular complexity index is 957. The standard InChI is InChI=1S/C19H26N4O4S2.C3H8/c1-11-7-14(27-12(11)2)8-21-18(20)15(9-26-4)22-16-10-28-19(17(16)24)29(25)23(3)13-5-6-13;1-3-2/h7,9-10,13,22,24H,5-6,8H2,1-4H3,(H2,20,21);3H2,1-2H3/b15-9+;. The highest BCUT2D eigenvalue weighted by molar-refractivity contribution is 7.85.